The molecular formula is C34H26. The Morgan fingerprint density at radius 3 is 1.26 bits per heavy atom. The van der Waals surface area contributed by atoms with Crippen LogP contribution in [0.25, 0.3) is 54.6 Å². The topological polar surface area (TPSA) is 0 Å². The molecule has 0 amide bonds. The fourth-order valence-corrected chi connectivity index (χ4v) is 7.63. The first-order valence-corrected chi connectivity index (χ1v) is 12.4. The minimum absolute atomic E-state index is 0.0302. The van der Waals surface area contributed by atoms with Gasteiger partial charge in [0.1, 0.15) is 0 Å². The zero-order chi connectivity index (χ0) is 23.0. The van der Waals surface area contributed by atoms with Gasteiger partial charge in [-0.25, -0.2) is 0 Å². The predicted molar refractivity (Wildman–Crippen MR) is 145 cm³/mol. The van der Waals surface area contributed by atoms with Crippen LogP contribution in [0.1, 0.15) is 49.9 Å². The van der Waals surface area contributed by atoms with E-state index in [4.69, 9.17) is 0 Å². The quantitative estimate of drug-likeness (QED) is 0.209. The van der Waals surface area contributed by atoms with Crippen molar-refractivity contribution in [3.05, 3.63) is 107 Å². The molecule has 0 fully saturated rings. The van der Waals surface area contributed by atoms with Gasteiger partial charge in [0.25, 0.3) is 0 Å². The summed E-state index contributed by atoms with van der Waals surface area (Å²) in [6.07, 6.45) is 0. The minimum atomic E-state index is -0.0302. The molecule has 2 aliphatic carbocycles. The highest BCUT2D eigenvalue weighted by atomic mass is 14.4. The summed E-state index contributed by atoms with van der Waals surface area (Å²) < 4.78 is 0. The average molecular weight is 435 g/mol. The first-order valence-electron chi connectivity index (χ1n) is 12.4. The molecule has 0 bridgehead atoms. The first-order chi connectivity index (χ1) is 16.4. The van der Waals surface area contributed by atoms with Crippen LogP contribution < -0.4 is 0 Å². The van der Waals surface area contributed by atoms with E-state index in [0.717, 1.165) is 0 Å². The number of hydrogen-bond donors (Lipinski definition) is 0. The number of rotatable bonds is 0. The van der Waals surface area contributed by atoms with Gasteiger partial charge in [-0.05, 0) is 76.8 Å². The van der Waals surface area contributed by atoms with E-state index in [1.807, 2.05) is 0 Å². The Morgan fingerprint density at radius 1 is 0.412 bits per heavy atom. The lowest BCUT2D eigenvalue weighted by Crippen LogP contribution is -2.17. The van der Waals surface area contributed by atoms with E-state index in [0.29, 0.717) is 0 Å². The van der Waals surface area contributed by atoms with E-state index in [1.54, 1.807) is 0 Å². The number of fused-ring (bicyclic) bond motifs is 10. The Bertz CT molecular complexity index is 1720. The molecule has 0 aliphatic heterocycles. The second-order valence-corrected chi connectivity index (χ2v) is 11.3. The summed E-state index contributed by atoms with van der Waals surface area (Å²) in [6, 6.07) is 32.2. The van der Waals surface area contributed by atoms with Crippen molar-refractivity contribution < 1.29 is 0 Å². The lowest BCUT2D eigenvalue weighted by molar-refractivity contribution is 0.665. The van der Waals surface area contributed by atoms with Crippen molar-refractivity contribution in [2.24, 2.45) is 0 Å². The maximum absolute atomic E-state index is 2.41. The summed E-state index contributed by atoms with van der Waals surface area (Å²) in [4.78, 5) is 0. The molecule has 0 spiro atoms. The van der Waals surface area contributed by atoms with Crippen molar-refractivity contribution in [2.75, 3.05) is 0 Å². The van der Waals surface area contributed by atoms with Gasteiger partial charge in [-0.2, -0.15) is 0 Å². The summed E-state index contributed by atoms with van der Waals surface area (Å²) >= 11 is 0. The third-order valence-electron chi connectivity index (χ3n) is 8.95. The molecular weight excluding hydrogens is 408 g/mol. The van der Waals surface area contributed by atoms with Gasteiger partial charge in [0.2, 0.25) is 0 Å². The summed E-state index contributed by atoms with van der Waals surface area (Å²) in [5, 5.41) is 8.54. The third-order valence-corrected chi connectivity index (χ3v) is 8.95. The van der Waals surface area contributed by atoms with Crippen LogP contribution in [0.3, 0.4) is 0 Å². The zero-order valence-corrected chi connectivity index (χ0v) is 20.1. The van der Waals surface area contributed by atoms with Crippen LogP contribution >= 0.6 is 0 Å². The van der Waals surface area contributed by atoms with Crippen molar-refractivity contribution >= 4 is 32.3 Å². The second kappa shape index (κ2) is 5.70. The Balaban J connectivity index is 1.71. The Kier molecular flexibility index (Phi) is 3.14. The molecule has 6 aromatic carbocycles. The molecule has 34 heavy (non-hydrogen) atoms. The largest absolute Gasteiger partial charge is 0.0619 e. The van der Waals surface area contributed by atoms with Gasteiger partial charge in [0, 0.05) is 10.8 Å². The SMILES string of the molecule is CC1(C)c2ccccc2-c2c1c1cccc3c4c(c5cccc2c5c13)-c1ccccc1C4(C)C. The van der Waals surface area contributed by atoms with E-state index in [1.165, 1.54) is 76.8 Å². The van der Waals surface area contributed by atoms with Gasteiger partial charge >= 0.3 is 0 Å². The molecule has 0 saturated heterocycles. The van der Waals surface area contributed by atoms with Crippen molar-refractivity contribution in [2.45, 2.75) is 38.5 Å². The molecule has 0 heterocycles. The van der Waals surface area contributed by atoms with Crippen LogP contribution in [0.4, 0.5) is 0 Å². The highest BCUT2D eigenvalue weighted by Gasteiger charge is 2.42. The van der Waals surface area contributed by atoms with Crippen LogP contribution in [0.15, 0.2) is 84.9 Å². The van der Waals surface area contributed by atoms with Crippen molar-refractivity contribution in [1.82, 2.24) is 0 Å². The molecule has 162 valence electrons. The van der Waals surface area contributed by atoms with Gasteiger partial charge in [-0.15, -0.1) is 0 Å². The average Bonchev–Trinajstić information content (AvgIpc) is 3.24. The van der Waals surface area contributed by atoms with Crippen LogP contribution in [0, 0.1) is 0 Å². The summed E-state index contributed by atoms with van der Waals surface area (Å²) in [5.74, 6) is 0. The lowest BCUT2D eigenvalue weighted by Gasteiger charge is -2.28. The van der Waals surface area contributed by atoms with Crippen LogP contribution in [0.5, 0.6) is 0 Å². The molecule has 0 nitrogen and oxygen atoms in total. The Hall–Kier alpha value is -3.64. The Morgan fingerprint density at radius 2 is 0.794 bits per heavy atom. The maximum Gasteiger partial charge on any atom is 0.0165 e. The minimum Gasteiger partial charge on any atom is -0.0619 e. The van der Waals surface area contributed by atoms with E-state index in [9.17, 15) is 0 Å². The van der Waals surface area contributed by atoms with E-state index >= 15 is 0 Å². The van der Waals surface area contributed by atoms with Gasteiger partial charge in [0.05, 0.1) is 0 Å². The van der Waals surface area contributed by atoms with Crippen molar-refractivity contribution in [3.63, 3.8) is 0 Å². The summed E-state index contributed by atoms with van der Waals surface area (Å²) in [7, 11) is 0. The Labute approximate surface area is 200 Å². The van der Waals surface area contributed by atoms with E-state index in [2.05, 4.69) is 113 Å². The van der Waals surface area contributed by atoms with Gasteiger partial charge in [0.15, 0.2) is 0 Å². The van der Waals surface area contributed by atoms with Crippen LogP contribution in [-0.4, -0.2) is 0 Å². The molecule has 0 heteroatoms. The number of benzene rings is 6. The fourth-order valence-electron chi connectivity index (χ4n) is 7.63. The van der Waals surface area contributed by atoms with Gasteiger partial charge in [-0.3, -0.25) is 0 Å². The smallest absolute Gasteiger partial charge is 0.0165 e. The van der Waals surface area contributed by atoms with Crippen LogP contribution in [0.2, 0.25) is 0 Å². The second-order valence-electron chi connectivity index (χ2n) is 11.3. The summed E-state index contributed by atoms with van der Waals surface area (Å²) in [6.45, 7) is 9.63. The molecule has 0 radical (unpaired) electrons. The monoisotopic (exact) mass is 434 g/mol. The highest BCUT2D eigenvalue weighted by Crippen LogP contribution is 2.60. The van der Waals surface area contributed by atoms with Gasteiger partial charge < -0.3 is 0 Å². The molecule has 0 saturated carbocycles. The zero-order valence-electron chi connectivity index (χ0n) is 20.1. The molecule has 2 aliphatic rings. The standard InChI is InChI=1S/C34H26/c1-33(2)25-17-7-5-11-19(25)29-21-13-9-14-22-27(21)28-23(31(29)33)15-10-16-24(28)32-30(22)20-12-6-8-18-26(20)34(32,3)4/h5-18H,1-4H3. The van der Waals surface area contributed by atoms with Crippen LogP contribution in [-0.2, 0) is 10.8 Å². The molecule has 0 unspecified atom stereocenters. The maximum atomic E-state index is 2.41. The molecule has 6 aromatic rings. The molecule has 0 atom stereocenters. The van der Waals surface area contributed by atoms with E-state index in [-0.39, 0.29) is 10.8 Å². The highest BCUT2D eigenvalue weighted by molar-refractivity contribution is 6.32. The van der Waals surface area contributed by atoms with Crippen molar-refractivity contribution in [1.29, 1.82) is 0 Å². The van der Waals surface area contributed by atoms with E-state index < -0.39 is 0 Å². The number of hydrogen-bond acceptors (Lipinski definition) is 0. The normalized spacial score (nSPS) is 16.7. The lowest BCUT2D eigenvalue weighted by atomic mass is 9.75. The van der Waals surface area contributed by atoms with Gasteiger partial charge in [-0.1, -0.05) is 113 Å². The first kappa shape index (κ1) is 18.7. The molecule has 8 rings (SSSR count). The molecule has 0 aromatic heterocycles. The molecule has 0 N–H and O–H groups in total. The van der Waals surface area contributed by atoms with Crippen molar-refractivity contribution in [3.8, 4) is 22.3 Å². The third kappa shape index (κ3) is 1.88. The fraction of sp³-hybridized carbons (Fsp3) is 0.176. The predicted octanol–water partition coefficient (Wildman–Crippen LogP) is 9.20. The summed E-state index contributed by atoms with van der Waals surface area (Å²) in [5.41, 5.74) is 11.5.